The number of carbonyl (C=O) groups is 1. The third kappa shape index (κ3) is 4.15. The lowest BCUT2D eigenvalue weighted by atomic mass is 9.52. The molecule has 6 nitrogen and oxygen atoms in total. The lowest BCUT2D eigenvalue weighted by Gasteiger charge is -2.59. The summed E-state index contributed by atoms with van der Waals surface area (Å²) in [6.45, 7) is 1.09. The molecule has 1 saturated heterocycles. The molecule has 1 amide bonds. The van der Waals surface area contributed by atoms with Crippen LogP contribution in [0.1, 0.15) is 54.8 Å². The zero-order chi connectivity index (χ0) is 23.4. The largest absolute Gasteiger partial charge is 0.487 e. The van der Waals surface area contributed by atoms with Crippen LogP contribution in [0.5, 0.6) is 5.75 Å². The molecule has 3 atom stereocenters. The molecule has 0 radical (unpaired) electrons. The smallest absolute Gasteiger partial charge is 0.226 e. The molecule has 4 bridgehead atoms. The number of carbonyl (C=O) groups excluding carboxylic acids is 1. The predicted molar refractivity (Wildman–Crippen MR) is 130 cm³/mol. The van der Waals surface area contributed by atoms with Gasteiger partial charge in [0.25, 0.3) is 0 Å². The Morgan fingerprint density at radius 1 is 1.24 bits per heavy atom. The minimum Gasteiger partial charge on any atom is -0.487 e. The average Bonchev–Trinajstić information content (AvgIpc) is 3.40. The lowest BCUT2D eigenvalue weighted by molar-refractivity contribution is -0.168. The van der Waals surface area contributed by atoms with E-state index >= 15 is 0 Å². The molecule has 0 spiro atoms. The van der Waals surface area contributed by atoms with Crippen molar-refractivity contribution in [2.75, 3.05) is 6.54 Å². The predicted octanol–water partition coefficient (Wildman–Crippen LogP) is 4.20. The zero-order valence-electron chi connectivity index (χ0n) is 19.2. The van der Waals surface area contributed by atoms with Crippen molar-refractivity contribution in [1.29, 1.82) is 0 Å². The van der Waals surface area contributed by atoms with E-state index in [2.05, 4.69) is 9.88 Å². The Morgan fingerprint density at radius 3 is 2.71 bits per heavy atom. The number of nitrogens with zero attached hydrogens (tertiary/aromatic N) is 2. The molecule has 2 aromatic rings. The molecule has 4 saturated carbocycles. The number of aromatic nitrogens is 1. The maximum atomic E-state index is 13.4. The van der Waals surface area contributed by atoms with Gasteiger partial charge >= 0.3 is 0 Å². The molecular formula is C26H31ClN2O4S. The maximum Gasteiger partial charge on any atom is 0.226 e. The van der Waals surface area contributed by atoms with Gasteiger partial charge in [-0.15, -0.1) is 11.3 Å². The first-order valence-corrected chi connectivity index (χ1v) is 13.6. The van der Waals surface area contributed by atoms with Crippen molar-refractivity contribution in [3.8, 4) is 5.75 Å². The van der Waals surface area contributed by atoms with E-state index in [-0.39, 0.29) is 18.4 Å². The van der Waals surface area contributed by atoms with Crippen molar-refractivity contribution in [2.45, 2.75) is 69.8 Å². The molecule has 3 unspecified atom stereocenters. The van der Waals surface area contributed by atoms with Crippen LogP contribution >= 0.6 is 22.9 Å². The Hall–Kier alpha value is -1.67. The van der Waals surface area contributed by atoms with E-state index in [1.807, 2.05) is 23.6 Å². The minimum absolute atomic E-state index is 0.0311. The van der Waals surface area contributed by atoms with Gasteiger partial charge in [0.05, 0.1) is 17.9 Å². The number of aliphatic hydroxyl groups excluding tert-OH is 1. The van der Waals surface area contributed by atoms with Gasteiger partial charge in [-0.3, -0.25) is 4.79 Å². The number of ether oxygens (including phenoxy) is 1. The molecule has 2 N–H and O–H groups in total. The highest BCUT2D eigenvalue weighted by Gasteiger charge is 2.57. The first-order valence-electron chi connectivity index (χ1n) is 12.4. The third-order valence-electron chi connectivity index (χ3n) is 8.51. The Bertz CT molecular complexity index is 1070. The fraction of sp³-hybridized carbons (Fsp3) is 0.615. The Morgan fingerprint density at radius 2 is 2.03 bits per heavy atom. The van der Waals surface area contributed by atoms with Gasteiger partial charge in [-0.1, -0.05) is 17.7 Å². The average molecular weight is 503 g/mol. The molecular weight excluding hydrogens is 472 g/mol. The highest BCUT2D eigenvalue weighted by atomic mass is 35.5. The van der Waals surface area contributed by atoms with Crippen molar-refractivity contribution in [2.24, 2.45) is 23.7 Å². The number of halogens is 1. The second-order valence-corrected chi connectivity index (χ2v) is 12.2. The summed E-state index contributed by atoms with van der Waals surface area (Å²) < 4.78 is 5.82. The molecule has 2 heterocycles. The summed E-state index contributed by atoms with van der Waals surface area (Å²) in [4.78, 5) is 19.9. The van der Waals surface area contributed by atoms with Crippen LogP contribution in [0.3, 0.4) is 0 Å². The number of likely N-dealkylation sites (tertiary alicyclic amines) is 1. The van der Waals surface area contributed by atoms with Crippen molar-refractivity contribution in [3.05, 3.63) is 44.9 Å². The summed E-state index contributed by atoms with van der Waals surface area (Å²) in [6.07, 6.45) is 6.57. The third-order valence-corrected chi connectivity index (χ3v) is 9.75. The van der Waals surface area contributed by atoms with Gasteiger partial charge in [0.2, 0.25) is 5.91 Å². The van der Waals surface area contributed by atoms with Crippen LogP contribution in [0.15, 0.2) is 23.6 Å². The van der Waals surface area contributed by atoms with Gasteiger partial charge < -0.3 is 19.8 Å². The lowest BCUT2D eigenvalue weighted by Crippen LogP contribution is -2.62. The van der Waals surface area contributed by atoms with E-state index in [1.165, 1.54) is 24.2 Å². The molecule has 34 heavy (non-hydrogen) atoms. The maximum absolute atomic E-state index is 13.4. The van der Waals surface area contributed by atoms with Crippen LogP contribution in [0.25, 0.3) is 0 Å². The molecule has 7 rings (SSSR count). The molecule has 1 aromatic carbocycles. The fourth-order valence-electron chi connectivity index (χ4n) is 7.41. The van der Waals surface area contributed by atoms with Gasteiger partial charge in [-0.2, -0.15) is 0 Å². The summed E-state index contributed by atoms with van der Waals surface area (Å²) in [6, 6.07) is 5.99. The van der Waals surface area contributed by atoms with Crippen LogP contribution in [-0.2, 0) is 24.4 Å². The molecule has 4 aliphatic carbocycles. The van der Waals surface area contributed by atoms with Crippen LogP contribution in [-0.4, -0.2) is 44.2 Å². The van der Waals surface area contributed by atoms with E-state index in [0.717, 1.165) is 43.5 Å². The Balaban J connectivity index is 1.08. The van der Waals surface area contributed by atoms with Gasteiger partial charge in [0, 0.05) is 28.9 Å². The molecule has 8 heteroatoms. The van der Waals surface area contributed by atoms with Crippen molar-refractivity contribution in [1.82, 2.24) is 9.88 Å². The van der Waals surface area contributed by atoms with Gasteiger partial charge in [0.1, 0.15) is 17.4 Å². The first-order chi connectivity index (χ1) is 16.4. The molecule has 1 aliphatic heterocycles. The molecule has 1 aromatic heterocycles. The van der Waals surface area contributed by atoms with E-state index < -0.39 is 5.60 Å². The van der Waals surface area contributed by atoms with Crippen molar-refractivity contribution < 1.29 is 19.7 Å². The number of amides is 1. The number of hydrogen-bond donors (Lipinski definition) is 2. The van der Waals surface area contributed by atoms with E-state index in [4.69, 9.17) is 21.4 Å². The van der Waals surface area contributed by atoms with E-state index in [0.29, 0.717) is 52.6 Å². The standard InChI is InChI=1S/C26H31ClN2O4S/c27-22-8-21(33-13-20-14-34-23(12-30)28-20)2-1-16(22)7-17-3-4-29(25(17)31)24-18-5-15-6-19(24)11-26(32,9-15)10-18/h1-2,8,14-15,17-19,24,30,32H,3-7,9-13H2. The minimum atomic E-state index is -0.465. The quantitative estimate of drug-likeness (QED) is 0.593. The van der Waals surface area contributed by atoms with Gasteiger partial charge in [0.15, 0.2) is 0 Å². The highest BCUT2D eigenvalue weighted by Crippen LogP contribution is 2.57. The molecule has 182 valence electrons. The number of rotatable bonds is 7. The topological polar surface area (TPSA) is 82.9 Å². The van der Waals surface area contributed by atoms with Crippen LogP contribution in [0.2, 0.25) is 5.02 Å². The van der Waals surface area contributed by atoms with Crippen LogP contribution in [0.4, 0.5) is 0 Å². The fourth-order valence-corrected chi connectivity index (χ4v) is 8.29. The number of thiazole rings is 1. The number of aliphatic hydroxyl groups is 2. The van der Waals surface area contributed by atoms with E-state index in [1.54, 1.807) is 0 Å². The molecule has 5 aliphatic rings. The SMILES string of the molecule is O=C1C(Cc2ccc(OCc3csc(CO)n3)cc2Cl)CCN1C1C2CC3CC1CC(O)(C3)C2. The summed E-state index contributed by atoms with van der Waals surface area (Å²) in [5, 5.41) is 23.2. The Kier molecular flexibility index (Phi) is 5.87. The van der Waals surface area contributed by atoms with E-state index in [9.17, 15) is 9.90 Å². The highest BCUT2D eigenvalue weighted by molar-refractivity contribution is 7.09. The van der Waals surface area contributed by atoms with Crippen molar-refractivity contribution >= 4 is 28.8 Å². The summed E-state index contributed by atoms with van der Waals surface area (Å²) >= 11 is 7.99. The van der Waals surface area contributed by atoms with Crippen LogP contribution < -0.4 is 4.74 Å². The Labute approximate surface area is 208 Å². The second kappa shape index (κ2) is 8.77. The summed E-state index contributed by atoms with van der Waals surface area (Å²) in [7, 11) is 0. The van der Waals surface area contributed by atoms with Gasteiger partial charge in [-0.05, 0) is 80.4 Å². The monoisotopic (exact) mass is 502 g/mol. The van der Waals surface area contributed by atoms with Crippen molar-refractivity contribution in [3.63, 3.8) is 0 Å². The number of benzene rings is 1. The van der Waals surface area contributed by atoms with Crippen LogP contribution in [0, 0.1) is 23.7 Å². The summed E-state index contributed by atoms with van der Waals surface area (Å²) in [5.41, 5.74) is 1.29. The summed E-state index contributed by atoms with van der Waals surface area (Å²) in [5.74, 6) is 2.48. The van der Waals surface area contributed by atoms with Gasteiger partial charge in [-0.25, -0.2) is 4.98 Å². The first kappa shape index (κ1) is 22.8. The molecule has 5 fully saturated rings. The second-order valence-electron chi connectivity index (χ2n) is 10.8. The normalized spacial score (nSPS) is 34.3. The zero-order valence-corrected chi connectivity index (χ0v) is 20.7. The number of hydrogen-bond acceptors (Lipinski definition) is 6.